The Morgan fingerprint density at radius 2 is 1.47 bits per heavy atom. The van der Waals surface area contributed by atoms with E-state index in [4.69, 9.17) is 9.47 Å². The van der Waals surface area contributed by atoms with Crippen LogP contribution < -0.4 is 5.32 Å². The standard InChI is InChI=1S/C26H36N2O4/c1-5-6-17-23(27-24(29)32-26(2,3)4)20-31-25(30)28(18-21-13-9-7-10-14-21)19-22-15-11-8-12-16-22/h7-16,23H,5-6,17-20H2,1-4H3,(H,27,29)/t23-/m0/s1. The van der Waals surface area contributed by atoms with Crippen molar-refractivity contribution < 1.29 is 19.1 Å². The Labute approximate surface area is 191 Å². The molecule has 0 aliphatic rings. The van der Waals surface area contributed by atoms with E-state index in [1.807, 2.05) is 81.4 Å². The molecular weight excluding hydrogens is 404 g/mol. The van der Waals surface area contributed by atoms with Crippen LogP contribution in [0.5, 0.6) is 0 Å². The number of carbonyl (C=O) groups excluding carboxylic acids is 2. The predicted octanol–water partition coefficient (Wildman–Crippen LogP) is 5.91. The quantitative estimate of drug-likeness (QED) is 0.499. The van der Waals surface area contributed by atoms with Gasteiger partial charge in [-0.2, -0.15) is 0 Å². The van der Waals surface area contributed by atoms with E-state index < -0.39 is 17.8 Å². The minimum Gasteiger partial charge on any atom is -0.447 e. The van der Waals surface area contributed by atoms with Gasteiger partial charge in [0.15, 0.2) is 0 Å². The van der Waals surface area contributed by atoms with Crippen LogP contribution in [0.3, 0.4) is 0 Å². The minimum absolute atomic E-state index is 0.0954. The van der Waals surface area contributed by atoms with Crippen molar-refractivity contribution in [1.82, 2.24) is 10.2 Å². The van der Waals surface area contributed by atoms with Crippen molar-refractivity contribution in [2.75, 3.05) is 6.61 Å². The summed E-state index contributed by atoms with van der Waals surface area (Å²) in [6, 6.07) is 19.3. The molecule has 0 aliphatic heterocycles. The molecule has 0 aromatic heterocycles. The molecule has 2 aromatic carbocycles. The molecule has 2 aromatic rings. The van der Waals surface area contributed by atoms with Crippen molar-refractivity contribution in [3.8, 4) is 0 Å². The second-order valence-electron chi connectivity index (χ2n) is 8.89. The summed E-state index contributed by atoms with van der Waals surface area (Å²) in [6.45, 7) is 8.51. The molecule has 0 bridgehead atoms. The molecule has 0 saturated heterocycles. The van der Waals surface area contributed by atoms with Crippen LogP contribution in [0.15, 0.2) is 60.7 Å². The van der Waals surface area contributed by atoms with Gasteiger partial charge >= 0.3 is 12.2 Å². The van der Waals surface area contributed by atoms with Crippen LogP contribution in [0.2, 0.25) is 0 Å². The highest BCUT2D eigenvalue weighted by Gasteiger charge is 2.22. The molecule has 1 atom stereocenters. The zero-order chi connectivity index (χ0) is 23.4. The smallest absolute Gasteiger partial charge is 0.410 e. The van der Waals surface area contributed by atoms with Gasteiger partial charge in [0.05, 0.1) is 6.04 Å². The van der Waals surface area contributed by atoms with Crippen molar-refractivity contribution in [2.45, 2.75) is 71.7 Å². The molecule has 2 rings (SSSR count). The third-order valence-corrected chi connectivity index (χ3v) is 4.73. The molecule has 0 unspecified atom stereocenters. The molecule has 6 nitrogen and oxygen atoms in total. The summed E-state index contributed by atoms with van der Waals surface area (Å²) in [6.07, 6.45) is 1.69. The van der Waals surface area contributed by atoms with E-state index in [9.17, 15) is 9.59 Å². The summed E-state index contributed by atoms with van der Waals surface area (Å²) in [5.74, 6) is 0. The van der Waals surface area contributed by atoms with E-state index in [0.29, 0.717) is 19.5 Å². The number of benzene rings is 2. The van der Waals surface area contributed by atoms with Gasteiger partial charge in [-0.15, -0.1) is 0 Å². The first-order valence-corrected chi connectivity index (χ1v) is 11.3. The van der Waals surface area contributed by atoms with Gasteiger partial charge in [0.2, 0.25) is 0 Å². The van der Waals surface area contributed by atoms with Crippen LogP contribution in [0.25, 0.3) is 0 Å². The van der Waals surface area contributed by atoms with Gasteiger partial charge in [-0.25, -0.2) is 9.59 Å². The van der Waals surface area contributed by atoms with Crippen LogP contribution in [-0.4, -0.2) is 35.3 Å². The number of nitrogens with zero attached hydrogens (tertiary/aromatic N) is 1. The van der Waals surface area contributed by atoms with Crippen molar-refractivity contribution >= 4 is 12.2 Å². The number of hydrogen-bond donors (Lipinski definition) is 1. The van der Waals surface area contributed by atoms with Gasteiger partial charge in [0.25, 0.3) is 0 Å². The van der Waals surface area contributed by atoms with Crippen molar-refractivity contribution in [1.29, 1.82) is 0 Å². The first kappa shape index (κ1) is 25.2. The number of alkyl carbamates (subject to hydrolysis) is 1. The van der Waals surface area contributed by atoms with Crippen LogP contribution in [0.4, 0.5) is 9.59 Å². The lowest BCUT2D eigenvalue weighted by molar-refractivity contribution is 0.0442. The highest BCUT2D eigenvalue weighted by Crippen LogP contribution is 2.13. The second-order valence-corrected chi connectivity index (χ2v) is 8.89. The lowest BCUT2D eigenvalue weighted by Crippen LogP contribution is -2.43. The van der Waals surface area contributed by atoms with E-state index in [2.05, 4.69) is 12.2 Å². The Morgan fingerprint density at radius 3 is 1.94 bits per heavy atom. The largest absolute Gasteiger partial charge is 0.447 e. The monoisotopic (exact) mass is 440 g/mol. The number of hydrogen-bond acceptors (Lipinski definition) is 4. The molecule has 0 spiro atoms. The number of rotatable bonds is 10. The summed E-state index contributed by atoms with van der Waals surface area (Å²) in [5, 5.41) is 2.85. The fourth-order valence-corrected chi connectivity index (χ4v) is 3.18. The molecule has 0 radical (unpaired) electrons. The Morgan fingerprint density at radius 1 is 0.938 bits per heavy atom. The minimum atomic E-state index is -0.585. The van der Waals surface area contributed by atoms with Crippen LogP contribution >= 0.6 is 0 Å². The summed E-state index contributed by atoms with van der Waals surface area (Å²) in [5.41, 5.74) is 1.46. The highest BCUT2D eigenvalue weighted by molar-refractivity contribution is 5.69. The van der Waals surface area contributed by atoms with E-state index in [-0.39, 0.29) is 12.6 Å². The number of ether oxygens (including phenoxy) is 2. The average molecular weight is 441 g/mol. The first-order chi connectivity index (χ1) is 15.3. The van der Waals surface area contributed by atoms with E-state index in [1.165, 1.54) is 0 Å². The summed E-state index contributed by atoms with van der Waals surface area (Å²) in [4.78, 5) is 26.9. The molecule has 174 valence electrons. The number of amides is 2. The van der Waals surface area contributed by atoms with Gasteiger partial charge < -0.3 is 14.8 Å². The van der Waals surface area contributed by atoms with Crippen molar-refractivity contribution in [3.05, 3.63) is 71.8 Å². The summed E-state index contributed by atoms with van der Waals surface area (Å²) in [7, 11) is 0. The fraction of sp³-hybridized carbons (Fsp3) is 0.462. The molecule has 0 heterocycles. The van der Waals surface area contributed by atoms with Crippen LogP contribution in [-0.2, 0) is 22.6 Å². The Balaban J connectivity index is 2.03. The number of unbranched alkanes of at least 4 members (excludes halogenated alkanes) is 1. The lowest BCUT2D eigenvalue weighted by atomic mass is 10.1. The fourth-order valence-electron chi connectivity index (χ4n) is 3.18. The first-order valence-electron chi connectivity index (χ1n) is 11.3. The van der Waals surface area contributed by atoms with Crippen molar-refractivity contribution in [3.63, 3.8) is 0 Å². The molecule has 0 aliphatic carbocycles. The maximum absolute atomic E-state index is 13.0. The van der Waals surface area contributed by atoms with Crippen LogP contribution in [0.1, 0.15) is 58.1 Å². The maximum atomic E-state index is 13.0. The normalized spacial score (nSPS) is 12.0. The molecule has 0 saturated carbocycles. The Bertz CT molecular complexity index is 777. The summed E-state index contributed by atoms with van der Waals surface area (Å²) < 4.78 is 11.0. The molecule has 0 fully saturated rings. The van der Waals surface area contributed by atoms with Gasteiger partial charge in [-0.05, 0) is 38.3 Å². The maximum Gasteiger partial charge on any atom is 0.410 e. The Hall–Kier alpha value is -3.02. The van der Waals surface area contributed by atoms with Gasteiger partial charge in [0.1, 0.15) is 12.2 Å². The number of nitrogens with one attached hydrogen (secondary N) is 1. The van der Waals surface area contributed by atoms with Gasteiger partial charge in [-0.3, -0.25) is 4.90 Å². The zero-order valence-corrected chi connectivity index (χ0v) is 19.7. The molecule has 2 amide bonds. The highest BCUT2D eigenvalue weighted by atomic mass is 16.6. The van der Waals surface area contributed by atoms with Crippen LogP contribution in [0, 0.1) is 0 Å². The summed E-state index contributed by atoms with van der Waals surface area (Å²) >= 11 is 0. The van der Waals surface area contributed by atoms with E-state index in [0.717, 1.165) is 24.0 Å². The lowest BCUT2D eigenvalue weighted by Gasteiger charge is -2.26. The van der Waals surface area contributed by atoms with Gasteiger partial charge in [0, 0.05) is 13.1 Å². The number of carbonyl (C=O) groups is 2. The SMILES string of the molecule is CCCC[C@@H](COC(=O)N(Cc1ccccc1)Cc1ccccc1)NC(=O)OC(C)(C)C. The molecule has 1 N–H and O–H groups in total. The molecule has 32 heavy (non-hydrogen) atoms. The van der Waals surface area contributed by atoms with E-state index in [1.54, 1.807) is 4.90 Å². The zero-order valence-electron chi connectivity index (χ0n) is 19.7. The predicted molar refractivity (Wildman–Crippen MR) is 126 cm³/mol. The van der Waals surface area contributed by atoms with Gasteiger partial charge in [-0.1, -0.05) is 80.4 Å². The molecular formula is C26H36N2O4. The molecule has 6 heteroatoms. The van der Waals surface area contributed by atoms with Crippen molar-refractivity contribution in [2.24, 2.45) is 0 Å². The average Bonchev–Trinajstić information content (AvgIpc) is 2.75. The second kappa shape index (κ2) is 12.7. The topological polar surface area (TPSA) is 67.9 Å². The third kappa shape index (κ3) is 9.86. The van der Waals surface area contributed by atoms with E-state index >= 15 is 0 Å². The Kier molecular flexibility index (Phi) is 10.1. The third-order valence-electron chi connectivity index (χ3n) is 4.73.